The topological polar surface area (TPSA) is 84.2 Å². The molecule has 0 unspecified atom stereocenters. The van der Waals surface area contributed by atoms with E-state index in [4.69, 9.17) is 9.51 Å². The number of amides is 1. The Kier molecular flexibility index (Phi) is 5.28. The molecule has 0 spiro atoms. The quantitative estimate of drug-likeness (QED) is 0.672. The van der Waals surface area contributed by atoms with E-state index in [2.05, 4.69) is 22.4 Å². The van der Waals surface area contributed by atoms with Gasteiger partial charge in [0.15, 0.2) is 5.76 Å². The number of hydrogen-bond donors (Lipinski definition) is 1. The molecule has 30 heavy (non-hydrogen) atoms. The summed E-state index contributed by atoms with van der Waals surface area (Å²) in [5, 5.41) is 7.11. The van der Waals surface area contributed by atoms with E-state index in [0.29, 0.717) is 24.2 Å². The fraction of sp³-hybridized carbons (Fsp3) is 0.391. The number of anilines is 1. The third-order valence-corrected chi connectivity index (χ3v) is 5.72. The molecule has 1 saturated carbocycles. The first-order valence-corrected chi connectivity index (χ1v) is 10.2. The maximum absolute atomic E-state index is 12.1. The highest BCUT2D eigenvalue weighted by Crippen LogP contribution is 2.38. The Bertz CT molecular complexity index is 1070. The summed E-state index contributed by atoms with van der Waals surface area (Å²) in [5.74, 6) is 2.15. The molecule has 1 aromatic carbocycles. The van der Waals surface area contributed by atoms with Gasteiger partial charge in [0.1, 0.15) is 0 Å². The summed E-state index contributed by atoms with van der Waals surface area (Å²) in [4.78, 5) is 23.2. The summed E-state index contributed by atoms with van der Waals surface area (Å²) in [7, 11) is 3.82. The molecule has 2 atom stereocenters. The Hall–Kier alpha value is -3.22. The lowest BCUT2D eigenvalue weighted by molar-refractivity contribution is -0.122. The number of carbonyl (C=O) groups is 1. The Morgan fingerprint density at radius 2 is 1.93 bits per heavy atom. The zero-order valence-corrected chi connectivity index (χ0v) is 18.1. The van der Waals surface area contributed by atoms with Crippen molar-refractivity contribution in [3.63, 3.8) is 0 Å². The molecule has 1 amide bonds. The number of carbonyl (C=O) groups excluding carboxylic acids is 1. The van der Waals surface area contributed by atoms with Gasteiger partial charge in [0, 0.05) is 43.9 Å². The molecule has 0 saturated heterocycles. The molecule has 156 valence electrons. The van der Waals surface area contributed by atoms with Crippen LogP contribution in [0.25, 0.3) is 22.6 Å². The van der Waals surface area contributed by atoms with Gasteiger partial charge >= 0.3 is 0 Å². The first-order chi connectivity index (χ1) is 14.3. The number of hydrogen-bond acceptors (Lipinski definition) is 6. The standard InChI is InChI=1S/C23H27N5O2/c1-13-10-18(13)22(29)24-11-16-6-8-17(9-7-16)20-19(12-25-23(26-20)28(4)5)21-14(2)15(3)27-30-21/h6-9,12-13,18H,10-11H2,1-5H3,(H,24,29)/t13-,18+/m0/s1. The van der Waals surface area contributed by atoms with E-state index in [0.717, 1.165) is 40.1 Å². The summed E-state index contributed by atoms with van der Waals surface area (Å²) in [6.45, 7) is 6.54. The van der Waals surface area contributed by atoms with Gasteiger partial charge in [-0.05, 0) is 31.7 Å². The maximum atomic E-state index is 12.1. The lowest BCUT2D eigenvalue weighted by Crippen LogP contribution is -2.24. The minimum absolute atomic E-state index is 0.149. The van der Waals surface area contributed by atoms with Crippen LogP contribution >= 0.6 is 0 Å². The highest BCUT2D eigenvalue weighted by atomic mass is 16.5. The monoisotopic (exact) mass is 405 g/mol. The molecular weight excluding hydrogens is 378 g/mol. The molecule has 4 rings (SSSR count). The number of nitrogens with zero attached hydrogens (tertiary/aromatic N) is 4. The van der Waals surface area contributed by atoms with Gasteiger partial charge < -0.3 is 14.7 Å². The SMILES string of the molecule is Cc1noc(-c2cnc(N(C)C)nc2-c2ccc(CNC(=O)[C@@H]3C[C@@H]3C)cc2)c1C. The molecular formula is C23H27N5O2. The van der Waals surface area contributed by atoms with Crippen molar-refractivity contribution in [2.45, 2.75) is 33.7 Å². The lowest BCUT2D eigenvalue weighted by atomic mass is 10.0. The third-order valence-electron chi connectivity index (χ3n) is 5.72. The maximum Gasteiger partial charge on any atom is 0.225 e. The van der Waals surface area contributed by atoms with Crippen LogP contribution in [0.1, 0.15) is 30.2 Å². The molecule has 0 radical (unpaired) electrons. The van der Waals surface area contributed by atoms with Crippen LogP contribution in [0.3, 0.4) is 0 Å². The predicted octanol–water partition coefficient (Wildman–Crippen LogP) is 3.75. The van der Waals surface area contributed by atoms with Crippen LogP contribution in [0.15, 0.2) is 35.0 Å². The largest absolute Gasteiger partial charge is 0.356 e. The number of aromatic nitrogens is 3. The van der Waals surface area contributed by atoms with Crippen LogP contribution in [0.2, 0.25) is 0 Å². The average molecular weight is 406 g/mol. The van der Waals surface area contributed by atoms with Gasteiger partial charge in [-0.15, -0.1) is 0 Å². The Labute approximate surface area is 176 Å². The fourth-order valence-electron chi connectivity index (χ4n) is 3.43. The van der Waals surface area contributed by atoms with E-state index in [1.807, 2.05) is 57.1 Å². The van der Waals surface area contributed by atoms with Crippen LogP contribution in [0, 0.1) is 25.7 Å². The van der Waals surface area contributed by atoms with Crippen molar-refractivity contribution < 1.29 is 9.32 Å². The van der Waals surface area contributed by atoms with E-state index in [1.54, 1.807) is 6.20 Å². The van der Waals surface area contributed by atoms with E-state index in [1.165, 1.54) is 0 Å². The molecule has 0 aliphatic heterocycles. The summed E-state index contributed by atoms with van der Waals surface area (Å²) in [6, 6.07) is 8.08. The second-order valence-corrected chi connectivity index (χ2v) is 8.28. The number of nitrogens with one attached hydrogen (secondary N) is 1. The fourth-order valence-corrected chi connectivity index (χ4v) is 3.43. The molecule has 2 heterocycles. The van der Waals surface area contributed by atoms with E-state index < -0.39 is 0 Å². The molecule has 0 bridgehead atoms. The van der Waals surface area contributed by atoms with Crippen LogP contribution in [0.5, 0.6) is 0 Å². The summed E-state index contributed by atoms with van der Waals surface area (Å²) < 4.78 is 5.58. The van der Waals surface area contributed by atoms with Crippen molar-refractivity contribution >= 4 is 11.9 Å². The van der Waals surface area contributed by atoms with Crippen molar-refractivity contribution in [1.29, 1.82) is 0 Å². The van der Waals surface area contributed by atoms with Crippen molar-refractivity contribution in [1.82, 2.24) is 20.4 Å². The zero-order chi connectivity index (χ0) is 21.4. The Morgan fingerprint density at radius 3 is 2.50 bits per heavy atom. The highest BCUT2D eigenvalue weighted by Gasteiger charge is 2.38. The van der Waals surface area contributed by atoms with E-state index in [9.17, 15) is 4.79 Å². The Balaban J connectivity index is 1.62. The molecule has 1 aliphatic rings. The van der Waals surface area contributed by atoms with Crippen molar-refractivity contribution in [2.75, 3.05) is 19.0 Å². The van der Waals surface area contributed by atoms with Crippen LogP contribution in [-0.4, -0.2) is 35.1 Å². The van der Waals surface area contributed by atoms with Gasteiger partial charge in [0.2, 0.25) is 11.9 Å². The van der Waals surface area contributed by atoms with Crippen molar-refractivity contribution in [3.05, 3.63) is 47.3 Å². The van der Waals surface area contributed by atoms with Gasteiger partial charge in [0.25, 0.3) is 0 Å². The Morgan fingerprint density at radius 1 is 1.23 bits per heavy atom. The first-order valence-electron chi connectivity index (χ1n) is 10.2. The third kappa shape index (κ3) is 3.92. The van der Waals surface area contributed by atoms with Crippen LogP contribution in [-0.2, 0) is 11.3 Å². The van der Waals surface area contributed by atoms with Gasteiger partial charge in [-0.25, -0.2) is 9.97 Å². The predicted molar refractivity (Wildman–Crippen MR) is 116 cm³/mol. The van der Waals surface area contributed by atoms with E-state index in [-0.39, 0.29) is 11.8 Å². The van der Waals surface area contributed by atoms with E-state index >= 15 is 0 Å². The molecule has 2 aromatic heterocycles. The number of benzene rings is 1. The minimum atomic E-state index is 0.149. The van der Waals surface area contributed by atoms with Crippen molar-refractivity contribution in [2.24, 2.45) is 11.8 Å². The van der Waals surface area contributed by atoms with Gasteiger partial charge in [-0.1, -0.05) is 36.3 Å². The minimum Gasteiger partial charge on any atom is -0.356 e. The second kappa shape index (κ2) is 7.89. The normalized spacial score (nSPS) is 17.6. The van der Waals surface area contributed by atoms with Gasteiger partial charge in [-0.3, -0.25) is 4.79 Å². The summed E-state index contributed by atoms with van der Waals surface area (Å²) in [6.07, 6.45) is 2.78. The molecule has 1 fully saturated rings. The zero-order valence-electron chi connectivity index (χ0n) is 18.1. The number of rotatable bonds is 6. The van der Waals surface area contributed by atoms with Crippen LogP contribution in [0.4, 0.5) is 5.95 Å². The molecule has 7 heteroatoms. The van der Waals surface area contributed by atoms with Gasteiger partial charge in [0.05, 0.1) is 17.0 Å². The van der Waals surface area contributed by atoms with Crippen LogP contribution < -0.4 is 10.2 Å². The first kappa shape index (κ1) is 20.1. The summed E-state index contributed by atoms with van der Waals surface area (Å²) >= 11 is 0. The molecule has 3 aromatic rings. The lowest BCUT2D eigenvalue weighted by Gasteiger charge is -2.14. The highest BCUT2D eigenvalue weighted by molar-refractivity contribution is 5.82. The molecule has 1 aliphatic carbocycles. The van der Waals surface area contributed by atoms with Crippen molar-refractivity contribution in [3.8, 4) is 22.6 Å². The molecule has 7 nitrogen and oxygen atoms in total. The van der Waals surface area contributed by atoms with Gasteiger partial charge in [-0.2, -0.15) is 0 Å². The smallest absolute Gasteiger partial charge is 0.225 e. The number of aryl methyl sites for hydroxylation is 1. The summed E-state index contributed by atoms with van der Waals surface area (Å²) in [5.41, 5.74) is 5.43. The molecule has 1 N–H and O–H groups in total. The average Bonchev–Trinajstić information content (AvgIpc) is 3.39. The second-order valence-electron chi connectivity index (χ2n) is 8.28.